The highest BCUT2D eigenvalue weighted by Gasteiger charge is 2.34. The molecule has 0 saturated heterocycles. The fourth-order valence-corrected chi connectivity index (χ4v) is 1.92. The highest BCUT2D eigenvalue weighted by molar-refractivity contribution is 5.80. The first-order valence-electron chi connectivity index (χ1n) is 7.22. The molecule has 130 valence electrons. The van der Waals surface area contributed by atoms with Gasteiger partial charge in [0.15, 0.2) is 5.69 Å². The van der Waals surface area contributed by atoms with Crippen LogP contribution >= 0.6 is 0 Å². The predicted octanol–water partition coefficient (Wildman–Crippen LogP) is 1.87. The second-order valence-corrected chi connectivity index (χ2v) is 5.23. The van der Waals surface area contributed by atoms with Crippen LogP contribution in [0.2, 0.25) is 0 Å². The summed E-state index contributed by atoms with van der Waals surface area (Å²) in [7, 11) is 4.68. The zero-order valence-electron chi connectivity index (χ0n) is 14.0. The van der Waals surface area contributed by atoms with Crippen LogP contribution in [0, 0.1) is 0 Å². The Kier molecular flexibility index (Phi) is 6.17. The number of hydrogen-bond acceptors (Lipinski definition) is 5. The highest BCUT2D eigenvalue weighted by atomic mass is 19.4. The zero-order chi connectivity index (χ0) is 17.8. The van der Waals surface area contributed by atoms with Gasteiger partial charge in [0.2, 0.25) is 11.9 Å². The average Bonchev–Trinajstić information content (AvgIpc) is 2.46. The van der Waals surface area contributed by atoms with E-state index in [-0.39, 0.29) is 24.2 Å². The van der Waals surface area contributed by atoms with Crippen molar-refractivity contribution < 1.29 is 18.0 Å². The third-order valence-corrected chi connectivity index (χ3v) is 3.28. The molecule has 0 aliphatic heterocycles. The lowest BCUT2D eigenvalue weighted by Gasteiger charge is -2.24. The van der Waals surface area contributed by atoms with Gasteiger partial charge in [-0.1, -0.05) is 0 Å². The van der Waals surface area contributed by atoms with Crippen LogP contribution in [0.15, 0.2) is 6.07 Å². The van der Waals surface area contributed by atoms with E-state index in [1.165, 1.54) is 16.8 Å². The van der Waals surface area contributed by atoms with Crippen molar-refractivity contribution in [2.24, 2.45) is 0 Å². The standard InChI is InChI=1S/C14H22F3N5O/c1-6-22(7-2)12(23)9-21(5)13-18-10(14(15,16)17)8-11(19-13)20(3)4/h8H,6-7,9H2,1-5H3. The number of aromatic nitrogens is 2. The SMILES string of the molecule is CCN(CC)C(=O)CN(C)c1nc(N(C)C)cc(C(F)(F)F)n1. The number of nitrogens with zero attached hydrogens (tertiary/aromatic N) is 5. The van der Waals surface area contributed by atoms with E-state index >= 15 is 0 Å². The molecule has 23 heavy (non-hydrogen) atoms. The molecule has 6 nitrogen and oxygen atoms in total. The van der Waals surface area contributed by atoms with Crippen molar-refractivity contribution in [3.63, 3.8) is 0 Å². The number of amides is 1. The van der Waals surface area contributed by atoms with Gasteiger partial charge in [-0.2, -0.15) is 18.2 Å². The quantitative estimate of drug-likeness (QED) is 0.795. The number of anilines is 2. The van der Waals surface area contributed by atoms with Gasteiger partial charge in [-0.05, 0) is 13.8 Å². The minimum atomic E-state index is -4.58. The Balaban J connectivity index is 3.10. The molecule has 0 aromatic carbocycles. The molecule has 0 saturated carbocycles. The molecule has 0 radical (unpaired) electrons. The Labute approximate surface area is 133 Å². The van der Waals surface area contributed by atoms with Gasteiger partial charge in [-0.3, -0.25) is 4.79 Å². The summed E-state index contributed by atoms with van der Waals surface area (Å²) < 4.78 is 38.9. The third kappa shape index (κ3) is 4.97. The van der Waals surface area contributed by atoms with Crippen LogP contribution in [0.1, 0.15) is 19.5 Å². The lowest BCUT2D eigenvalue weighted by molar-refractivity contribution is -0.141. The van der Waals surface area contributed by atoms with Crippen LogP contribution < -0.4 is 9.80 Å². The summed E-state index contributed by atoms with van der Waals surface area (Å²) in [4.78, 5) is 24.1. The smallest absolute Gasteiger partial charge is 0.363 e. The highest BCUT2D eigenvalue weighted by Crippen LogP contribution is 2.30. The van der Waals surface area contributed by atoms with Gasteiger partial charge in [0.05, 0.1) is 6.54 Å². The van der Waals surface area contributed by atoms with Crippen LogP contribution in [0.25, 0.3) is 0 Å². The van der Waals surface area contributed by atoms with Crippen molar-refractivity contribution in [3.05, 3.63) is 11.8 Å². The first-order valence-corrected chi connectivity index (χ1v) is 7.22. The van der Waals surface area contributed by atoms with Crippen molar-refractivity contribution in [2.75, 3.05) is 50.6 Å². The van der Waals surface area contributed by atoms with E-state index in [4.69, 9.17) is 0 Å². The fraction of sp³-hybridized carbons (Fsp3) is 0.643. The molecule has 0 N–H and O–H groups in total. The maximum atomic E-state index is 13.0. The molecule has 0 fully saturated rings. The molecule has 0 aliphatic carbocycles. The molecule has 0 unspecified atom stereocenters. The van der Waals surface area contributed by atoms with Crippen molar-refractivity contribution in [2.45, 2.75) is 20.0 Å². The molecule has 0 aliphatic rings. The number of halogens is 3. The Hall–Kier alpha value is -2.06. The van der Waals surface area contributed by atoms with Crippen molar-refractivity contribution in [1.29, 1.82) is 0 Å². The molecule has 0 bridgehead atoms. The Morgan fingerprint density at radius 3 is 2.13 bits per heavy atom. The first-order chi connectivity index (χ1) is 10.6. The maximum Gasteiger partial charge on any atom is 0.433 e. The summed E-state index contributed by atoms with van der Waals surface area (Å²) in [6.45, 7) is 4.67. The summed E-state index contributed by atoms with van der Waals surface area (Å²) in [6.07, 6.45) is -4.58. The fourth-order valence-electron chi connectivity index (χ4n) is 1.92. The molecule has 1 aromatic rings. The molecule has 0 atom stereocenters. The monoisotopic (exact) mass is 333 g/mol. The number of likely N-dealkylation sites (N-methyl/N-ethyl adjacent to an activating group) is 2. The summed E-state index contributed by atoms with van der Waals surface area (Å²) in [6, 6.07) is 0.879. The predicted molar refractivity (Wildman–Crippen MR) is 82.6 cm³/mol. The van der Waals surface area contributed by atoms with Crippen molar-refractivity contribution in [1.82, 2.24) is 14.9 Å². The Bertz CT molecular complexity index is 544. The van der Waals surface area contributed by atoms with Crippen molar-refractivity contribution >= 4 is 17.7 Å². The van der Waals surface area contributed by atoms with Crippen LogP contribution in [0.5, 0.6) is 0 Å². The molecule has 1 aromatic heterocycles. The third-order valence-electron chi connectivity index (χ3n) is 3.28. The van der Waals surface area contributed by atoms with Gasteiger partial charge in [0.1, 0.15) is 5.82 Å². The lowest BCUT2D eigenvalue weighted by Crippen LogP contribution is -2.39. The van der Waals surface area contributed by atoms with E-state index in [2.05, 4.69) is 9.97 Å². The van der Waals surface area contributed by atoms with E-state index in [1.807, 2.05) is 13.8 Å². The second kappa shape index (κ2) is 7.47. The number of carbonyl (C=O) groups excluding carboxylic acids is 1. The number of alkyl halides is 3. The summed E-state index contributed by atoms with van der Waals surface area (Å²) in [5.74, 6) is -0.196. The topological polar surface area (TPSA) is 52.6 Å². The van der Waals surface area contributed by atoms with Gasteiger partial charge in [-0.15, -0.1) is 0 Å². The Morgan fingerprint density at radius 1 is 1.13 bits per heavy atom. The molecule has 1 amide bonds. The molecule has 1 rings (SSSR count). The van der Waals surface area contributed by atoms with Crippen LogP contribution in [-0.4, -0.2) is 61.6 Å². The van der Waals surface area contributed by atoms with E-state index in [0.29, 0.717) is 13.1 Å². The van der Waals surface area contributed by atoms with E-state index in [1.54, 1.807) is 19.0 Å². The molecular formula is C14H22F3N5O. The zero-order valence-corrected chi connectivity index (χ0v) is 14.0. The first kappa shape index (κ1) is 19.0. The van der Waals surface area contributed by atoms with Gasteiger partial charge >= 0.3 is 6.18 Å². The van der Waals surface area contributed by atoms with Crippen LogP contribution in [-0.2, 0) is 11.0 Å². The summed E-state index contributed by atoms with van der Waals surface area (Å²) in [5.41, 5.74) is -1.03. The van der Waals surface area contributed by atoms with Crippen molar-refractivity contribution in [3.8, 4) is 0 Å². The van der Waals surface area contributed by atoms with E-state index in [9.17, 15) is 18.0 Å². The number of hydrogen-bond donors (Lipinski definition) is 0. The molecule has 0 spiro atoms. The van der Waals surface area contributed by atoms with Crippen LogP contribution in [0.3, 0.4) is 0 Å². The molecule has 9 heteroatoms. The van der Waals surface area contributed by atoms with Gasteiger partial charge < -0.3 is 14.7 Å². The summed E-state index contributed by atoms with van der Waals surface area (Å²) in [5, 5.41) is 0. The van der Waals surface area contributed by atoms with E-state index < -0.39 is 11.9 Å². The largest absolute Gasteiger partial charge is 0.433 e. The Morgan fingerprint density at radius 2 is 1.70 bits per heavy atom. The lowest BCUT2D eigenvalue weighted by atomic mass is 10.3. The summed E-state index contributed by atoms with van der Waals surface area (Å²) >= 11 is 0. The maximum absolute atomic E-state index is 13.0. The van der Waals surface area contributed by atoms with E-state index in [0.717, 1.165) is 6.07 Å². The average molecular weight is 333 g/mol. The number of carbonyl (C=O) groups is 1. The normalized spacial score (nSPS) is 11.3. The van der Waals surface area contributed by atoms with Gasteiger partial charge in [0, 0.05) is 40.3 Å². The second-order valence-electron chi connectivity index (χ2n) is 5.23. The minimum absolute atomic E-state index is 0.0874. The van der Waals surface area contributed by atoms with Gasteiger partial charge in [0.25, 0.3) is 0 Å². The molecule has 1 heterocycles. The molecular weight excluding hydrogens is 311 g/mol. The minimum Gasteiger partial charge on any atom is -0.363 e. The number of rotatable bonds is 6. The van der Waals surface area contributed by atoms with Gasteiger partial charge in [-0.25, -0.2) is 4.98 Å². The van der Waals surface area contributed by atoms with Crippen LogP contribution in [0.4, 0.5) is 24.9 Å².